The Morgan fingerprint density at radius 1 is 0.698 bits per heavy atom. The van der Waals surface area contributed by atoms with E-state index in [-0.39, 0.29) is 0 Å². The van der Waals surface area contributed by atoms with Gasteiger partial charge in [-0.05, 0) is 59.2 Å². The van der Waals surface area contributed by atoms with Gasteiger partial charge in [0, 0.05) is 34.5 Å². The van der Waals surface area contributed by atoms with E-state index in [1.165, 1.54) is 9.48 Å². The van der Waals surface area contributed by atoms with Gasteiger partial charge in [-0.2, -0.15) is 30.9 Å². The summed E-state index contributed by atoms with van der Waals surface area (Å²) in [5.41, 5.74) is 1.79. The molecular formula is C35H31F6N2+. The van der Waals surface area contributed by atoms with E-state index in [4.69, 9.17) is 0 Å². The Labute approximate surface area is 246 Å². The summed E-state index contributed by atoms with van der Waals surface area (Å²) >= 11 is 0. The maximum Gasteiger partial charge on any atom is 0.448 e. The maximum absolute atomic E-state index is 13.9. The zero-order valence-electron chi connectivity index (χ0n) is 24.2. The van der Waals surface area contributed by atoms with Crippen molar-refractivity contribution in [3.8, 4) is 0 Å². The fraction of sp³-hybridized carbons (Fsp3) is 0.286. The highest BCUT2D eigenvalue weighted by Gasteiger charge is 2.49. The average molecular weight is 594 g/mol. The van der Waals surface area contributed by atoms with E-state index >= 15 is 0 Å². The lowest BCUT2D eigenvalue weighted by atomic mass is 9.79. The second-order valence-electron chi connectivity index (χ2n) is 12.3. The molecule has 0 aliphatic carbocycles. The van der Waals surface area contributed by atoms with Gasteiger partial charge in [0.1, 0.15) is 6.54 Å². The van der Waals surface area contributed by atoms with Crippen LogP contribution >= 0.6 is 0 Å². The molecule has 0 radical (unpaired) electrons. The molecule has 0 fully saturated rings. The molecule has 2 aliphatic heterocycles. The first kappa shape index (κ1) is 29.0. The van der Waals surface area contributed by atoms with Crippen LogP contribution in [0.1, 0.15) is 38.8 Å². The standard InChI is InChI=1S/C35H31F6N2/c1-32(2)28(42(20-34(36,37)38)26-18-16-22-10-5-7-12-24(22)30(26)32)14-9-15-29-33(3,4)31-25-13-8-6-11-23(25)17-19-27(31)43(29)21-35(39,40)41/h5-19H,20-21H2,1-4H3/q+1. The summed E-state index contributed by atoms with van der Waals surface area (Å²) in [6.07, 6.45) is -4.10. The Balaban J connectivity index is 1.50. The average Bonchev–Trinajstić information content (AvgIpc) is 3.26. The van der Waals surface area contributed by atoms with Crippen LogP contribution in [0.5, 0.6) is 0 Å². The summed E-state index contributed by atoms with van der Waals surface area (Å²) in [6, 6.07) is 22.3. The number of halogens is 6. The number of hydrogen-bond acceptors (Lipinski definition) is 1. The van der Waals surface area contributed by atoms with Gasteiger partial charge in [0.05, 0.1) is 5.41 Å². The Morgan fingerprint density at radius 3 is 1.88 bits per heavy atom. The summed E-state index contributed by atoms with van der Waals surface area (Å²) in [7, 11) is 0. The van der Waals surface area contributed by atoms with Gasteiger partial charge in [0.15, 0.2) is 5.71 Å². The van der Waals surface area contributed by atoms with E-state index in [1.54, 1.807) is 30.4 Å². The highest BCUT2D eigenvalue weighted by Crippen LogP contribution is 2.51. The summed E-state index contributed by atoms with van der Waals surface area (Å²) in [6.45, 7) is 5.19. The molecule has 0 bridgehead atoms. The SMILES string of the molecule is CC1(C)C(/C=C/C=C2/N(CC(F)(F)F)c3ccc4ccccc4c3C2(C)C)=[N+](CC(F)(F)F)c2ccc3ccccc3c21. The van der Waals surface area contributed by atoms with Gasteiger partial charge in [0.25, 0.3) is 0 Å². The van der Waals surface area contributed by atoms with Crippen molar-refractivity contribution in [2.75, 3.05) is 18.0 Å². The van der Waals surface area contributed by atoms with Crippen molar-refractivity contribution in [3.63, 3.8) is 0 Å². The van der Waals surface area contributed by atoms with E-state index in [1.807, 2.05) is 88.4 Å². The van der Waals surface area contributed by atoms with Gasteiger partial charge in [-0.3, -0.25) is 0 Å². The smallest absolute Gasteiger partial charge is 0.335 e. The number of nitrogens with zero attached hydrogens (tertiary/aromatic N) is 2. The molecule has 0 unspecified atom stereocenters. The second kappa shape index (κ2) is 9.73. The van der Waals surface area contributed by atoms with Crippen LogP contribution in [0.2, 0.25) is 0 Å². The summed E-state index contributed by atoms with van der Waals surface area (Å²) < 4.78 is 84.6. The Morgan fingerprint density at radius 2 is 1.28 bits per heavy atom. The maximum atomic E-state index is 13.9. The fourth-order valence-corrected chi connectivity index (χ4v) is 7.00. The first-order valence-corrected chi connectivity index (χ1v) is 14.1. The van der Waals surface area contributed by atoms with Crippen molar-refractivity contribution < 1.29 is 30.9 Å². The molecule has 2 aliphatic rings. The van der Waals surface area contributed by atoms with Crippen molar-refractivity contribution in [1.29, 1.82) is 0 Å². The van der Waals surface area contributed by atoms with E-state index in [9.17, 15) is 26.3 Å². The van der Waals surface area contributed by atoms with E-state index in [0.29, 0.717) is 22.8 Å². The van der Waals surface area contributed by atoms with Crippen LogP contribution in [0.3, 0.4) is 0 Å². The van der Waals surface area contributed by atoms with Gasteiger partial charge < -0.3 is 4.90 Å². The van der Waals surface area contributed by atoms with Crippen molar-refractivity contribution in [2.24, 2.45) is 0 Å². The first-order chi connectivity index (χ1) is 20.1. The minimum Gasteiger partial charge on any atom is -0.335 e. The van der Waals surface area contributed by atoms with Crippen LogP contribution < -0.4 is 4.90 Å². The summed E-state index contributed by atoms with van der Waals surface area (Å²) in [5, 5.41) is 3.59. The third-order valence-corrected chi connectivity index (χ3v) is 8.69. The number of benzene rings is 4. The number of allylic oxidation sites excluding steroid dienone is 4. The molecule has 0 saturated carbocycles. The van der Waals surface area contributed by atoms with E-state index in [0.717, 1.165) is 32.7 Å². The van der Waals surface area contributed by atoms with Crippen molar-refractivity contribution in [2.45, 2.75) is 50.9 Å². The molecule has 2 heterocycles. The third kappa shape index (κ3) is 4.90. The zero-order chi connectivity index (χ0) is 30.9. The fourth-order valence-electron chi connectivity index (χ4n) is 7.00. The molecule has 0 amide bonds. The molecule has 0 saturated heterocycles. The van der Waals surface area contributed by atoms with Gasteiger partial charge in [-0.25, -0.2) is 0 Å². The van der Waals surface area contributed by atoms with Crippen LogP contribution in [-0.2, 0) is 10.8 Å². The van der Waals surface area contributed by atoms with Gasteiger partial charge in [-0.1, -0.05) is 74.5 Å². The minimum absolute atomic E-state index is 0.425. The molecule has 8 heteroatoms. The molecule has 43 heavy (non-hydrogen) atoms. The molecule has 0 spiro atoms. The predicted octanol–water partition coefficient (Wildman–Crippen LogP) is 9.73. The number of fused-ring (bicyclic) bond motifs is 6. The van der Waals surface area contributed by atoms with Crippen LogP contribution in [0.4, 0.5) is 37.7 Å². The molecular weight excluding hydrogens is 562 g/mol. The lowest BCUT2D eigenvalue weighted by Gasteiger charge is -2.27. The monoisotopic (exact) mass is 593 g/mol. The molecule has 2 nitrogen and oxygen atoms in total. The zero-order valence-corrected chi connectivity index (χ0v) is 24.2. The number of alkyl halides is 6. The van der Waals surface area contributed by atoms with Gasteiger partial charge >= 0.3 is 12.4 Å². The number of hydrogen-bond donors (Lipinski definition) is 0. The van der Waals surface area contributed by atoms with Crippen LogP contribution in [-0.4, -0.2) is 35.7 Å². The summed E-state index contributed by atoms with van der Waals surface area (Å²) in [5.74, 6) is 0. The summed E-state index contributed by atoms with van der Waals surface area (Å²) in [4.78, 5) is 1.28. The topological polar surface area (TPSA) is 6.25 Å². The molecule has 4 aromatic carbocycles. The second-order valence-corrected chi connectivity index (χ2v) is 12.3. The lowest BCUT2D eigenvalue weighted by molar-refractivity contribution is -0.480. The highest BCUT2D eigenvalue weighted by molar-refractivity contribution is 6.07. The normalized spacial score (nSPS) is 18.8. The molecule has 0 atom stereocenters. The van der Waals surface area contributed by atoms with Crippen LogP contribution in [0.15, 0.2) is 96.7 Å². The van der Waals surface area contributed by atoms with Crippen molar-refractivity contribution >= 4 is 38.6 Å². The van der Waals surface area contributed by atoms with Gasteiger partial charge in [-0.15, -0.1) is 0 Å². The highest BCUT2D eigenvalue weighted by atomic mass is 19.4. The predicted molar refractivity (Wildman–Crippen MR) is 160 cm³/mol. The molecule has 4 aromatic rings. The third-order valence-electron chi connectivity index (χ3n) is 8.69. The van der Waals surface area contributed by atoms with Gasteiger partial charge in [0.2, 0.25) is 12.2 Å². The number of anilines is 1. The Hall–Kier alpha value is -4.07. The molecule has 0 aromatic heterocycles. The van der Waals surface area contributed by atoms with Crippen LogP contribution in [0, 0.1) is 0 Å². The van der Waals surface area contributed by atoms with E-state index in [2.05, 4.69) is 0 Å². The van der Waals surface area contributed by atoms with Crippen molar-refractivity contribution in [3.05, 3.63) is 108 Å². The minimum atomic E-state index is -4.47. The first-order valence-electron chi connectivity index (χ1n) is 14.1. The molecule has 0 N–H and O–H groups in total. The van der Waals surface area contributed by atoms with Crippen molar-refractivity contribution in [1.82, 2.24) is 0 Å². The molecule has 222 valence electrons. The quantitative estimate of drug-likeness (QED) is 0.169. The Bertz CT molecular complexity index is 1850. The number of rotatable bonds is 4. The van der Waals surface area contributed by atoms with E-state index < -0.39 is 36.3 Å². The van der Waals surface area contributed by atoms with Crippen LogP contribution in [0.25, 0.3) is 21.5 Å². The Kier molecular flexibility index (Phi) is 6.56. The molecule has 6 rings (SSSR count). The lowest BCUT2D eigenvalue weighted by Crippen LogP contribution is -2.34. The largest absolute Gasteiger partial charge is 0.448 e.